The molecule has 0 aliphatic rings. The molecule has 19 heavy (non-hydrogen) atoms. The molecule has 3 rings (SSSR count). The number of aromatic nitrogens is 6. The van der Waals surface area contributed by atoms with Crippen LogP contribution >= 0.6 is 0 Å². The summed E-state index contributed by atoms with van der Waals surface area (Å²) in [5, 5.41) is 16.1. The van der Waals surface area contributed by atoms with Crippen LogP contribution in [0.25, 0.3) is 11.0 Å². The number of hydrogen-bond acceptors (Lipinski definition) is 6. The highest BCUT2D eigenvalue weighted by molar-refractivity contribution is 5.75. The van der Waals surface area contributed by atoms with Crippen molar-refractivity contribution in [2.24, 2.45) is 0 Å². The lowest BCUT2D eigenvalue weighted by atomic mass is 10.3. The maximum atomic E-state index is 13.1. The van der Waals surface area contributed by atoms with Gasteiger partial charge in [-0.2, -0.15) is 5.21 Å². The van der Waals surface area contributed by atoms with Gasteiger partial charge in [0.15, 0.2) is 17.5 Å². The van der Waals surface area contributed by atoms with E-state index in [0.717, 1.165) is 12.1 Å². The van der Waals surface area contributed by atoms with Gasteiger partial charge in [-0.3, -0.25) is 4.98 Å². The predicted octanol–water partition coefficient (Wildman–Crippen LogP) is 1.03. The maximum Gasteiger partial charge on any atom is 0.193 e. The number of H-pyrrole nitrogens is 1. The molecule has 7 nitrogen and oxygen atoms in total. The van der Waals surface area contributed by atoms with Gasteiger partial charge in [0.2, 0.25) is 0 Å². The molecule has 2 N–H and O–H groups in total. The van der Waals surface area contributed by atoms with E-state index in [1.54, 1.807) is 0 Å². The zero-order chi connectivity index (χ0) is 13.2. The number of hydrogen-bond donors (Lipinski definition) is 2. The Morgan fingerprint density at radius 1 is 1.16 bits per heavy atom. The molecule has 0 saturated carbocycles. The van der Waals surface area contributed by atoms with Crippen LogP contribution in [0.15, 0.2) is 18.3 Å². The monoisotopic (exact) mass is 263 g/mol. The molecule has 3 aromatic rings. The Kier molecular flexibility index (Phi) is 2.71. The molecule has 0 aliphatic carbocycles. The molecule has 0 saturated heterocycles. The van der Waals surface area contributed by atoms with E-state index in [1.165, 1.54) is 6.20 Å². The van der Waals surface area contributed by atoms with Crippen molar-refractivity contribution in [1.29, 1.82) is 0 Å². The first-order valence-corrected chi connectivity index (χ1v) is 5.30. The van der Waals surface area contributed by atoms with Crippen molar-refractivity contribution < 1.29 is 8.78 Å². The normalized spacial score (nSPS) is 10.8. The van der Waals surface area contributed by atoms with Crippen molar-refractivity contribution in [2.75, 3.05) is 5.32 Å². The van der Waals surface area contributed by atoms with E-state index in [0.29, 0.717) is 18.2 Å². The second kappa shape index (κ2) is 4.52. The van der Waals surface area contributed by atoms with Gasteiger partial charge >= 0.3 is 0 Å². The number of benzene rings is 1. The minimum absolute atomic E-state index is 0.261. The SMILES string of the molecule is Fc1cc2ncc(NCc3nn[nH]n3)nc2cc1F. The van der Waals surface area contributed by atoms with Crippen LogP contribution in [0.1, 0.15) is 5.82 Å². The molecular weight excluding hydrogens is 256 g/mol. The summed E-state index contributed by atoms with van der Waals surface area (Å²) in [5.41, 5.74) is 0.543. The first kappa shape index (κ1) is 11.4. The van der Waals surface area contributed by atoms with Crippen molar-refractivity contribution in [3.63, 3.8) is 0 Å². The standard InChI is InChI=1S/C10H7F2N7/c11-5-1-7-8(2-6(5)12)15-9(3-13-7)14-4-10-16-18-19-17-10/h1-3H,4H2,(H,14,15)(H,16,17,18,19). The highest BCUT2D eigenvalue weighted by Gasteiger charge is 2.07. The van der Waals surface area contributed by atoms with Crippen LogP contribution in [0.2, 0.25) is 0 Å². The minimum Gasteiger partial charge on any atom is -0.361 e. The van der Waals surface area contributed by atoms with Gasteiger partial charge < -0.3 is 5.32 Å². The summed E-state index contributed by atoms with van der Waals surface area (Å²) >= 11 is 0. The fourth-order valence-corrected chi connectivity index (χ4v) is 1.52. The van der Waals surface area contributed by atoms with Gasteiger partial charge in [0, 0.05) is 12.1 Å². The van der Waals surface area contributed by atoms with Crippen LogP contribution in [0.5, 0.6) is 0 Å². The van der Waals surface area contributed by atoms with Gasteiger partial charge in [-0.1, -0.05) is 5.21 Å². The minimum atomic E-state index is -0.961. The first-order chi connectivity index (χ1) is 9.22. The van der Waals surface area contributed by atoms with Crippen LogP contribution in [-0.2, 0) is 6.54 Å². The molecule has 2 aromatic heterocycles. The van der Waals surface area contributed by atoms with E-state index in [1.807, 2.05) is 0 Å². The van der Waals surface area contributed by atoms with E-state index in [-0.39, 0.29) is 11.0 Å². The van der Waals surface area contributed by atoms with Crippen LogP contribution < -0.4 is 5.32 Å². The molecule has 0 bridgehead atoms. The molecule has 0 amide bonds. The van der Waals surface area contributed by atoms with Crippen LogP contribution in [-0.4, -0.2) is 30.6 Å². The van der Waals surface area contributed by atoms with E-state index < -0.39 is 11.6 Å². The quantitative estimate of drug-likeness (QED) is 0.733. The summed E-state index contributed by atoms with van der Waals surface area (Å²) in [5.74, 6) is -1.05. The van der Waals surface area contributed by atoms with E-state index in [4.69, 9.17) is 0 Å². The highest BCUT2D eigenvalue weighted by Crippen LogP contribution is 2.16. The number of rotatable bonds is 3. The number of nitrogens with zero attached hydrogens (tertiary/aromatic N) is 5. The molecule has 9 heteroatoms. The third-order valence-electron chi connectivity index (χ3n) is 2.40. The number of anilines is 1. The molecule has 0 radical (unpaired) electrons. The van der Waals surface area contributed by atoms with E-state index >= 15 is 0 Å². The van der Waals surface area contributed by atoms with Gasteiger partial charge in [-0.15, -0.1) is 10.2 Å². The summed E-state index contributed by atoms with van der Waals surface area (Å²) in [6.45, 7) is 0.292. The van der Waals surface area contributed by atoms with Gasteiger partial charge in [0.1, 0.15) is 5.82 Å². The molecule has 0 spiro atoms. The first-order valence-electron chi connectivity index (χ1n) is 5.30. The molecule has 2 heterocycles. The number of fused-ring (bicyclic) bond motifs is 1. The second-order valence-corrected chi connectivity index (χ2v) is 3.69. The Morgan fingerprint density at radius 2 is 1.95 bits per heavy atom. The Labute approximate surface area is 105 Å². The Balaban J connectivity index is 1.86. The van der Waals surface area contributed by atoms with Crippen molar-refractivity contribution in [3.05, 3.63) is 35.8 Å². The summed E-state index contributed by atoms with van der Waals surface area (Å²) < 4.78 is 26.1. The van der Waals surface area contributed by atoms with Crippen LogP contribution in [0.4, 0.5) is 14.6 Å². The van der Waals surface area contributed by atoms with E-state index in [2.05, 4.69) is 35.9 Å². The van der Waals surface area contributed by atoms with E-state index in [9.17, 15) is 8.78 Å². The Hall–Kier alpha value is -2.71. The summed E-state index contributed by atoms with van der Waals surface area (Å²) in [6.07, 6.45) is 1.42. The Bertz CT molecular complexity index is 713. The van der Waals surface area contributed by atoms with Gasteiger partial charge in [-0.05, 0) is 0 Å². The van der Waals surface area contributed by atoms with Crippen molar-refractivity contribution >= 4 is 16.9 Å². The lowest BCUT2D eigenvalue weighted by Crippen LogP contribution is -2.04. The molecule has 0 fully saturated rings. The molecular formula is C10H7F2N7. The summed E-state index contributed by atoms with van der Waals surface area (Å²) in [4.78, 5) is 8.10. The lowest BCUT2D eigenvalue weighted by molar-refractivity contribution is 0.510. The maximum absolute atomic E-state index is 13.1. The van der Waals surface area contributed by atoms with Crippen molar-refractivity contribution in [2.45, 2.75) is 6.54 Å². The van der Waals surface area contributed by atoms with Crippen molar-refractivity contribution in [3.8, 4) is 0 Å². The summed E-state index contributed by atoms with van der Waals surface area (Å²) in [7, 11) is 0. The second-order valence-electron chi connectivity index (χ2n) is 3.69. The zero-order valence-electron chi connectivity index (χ0n) is 9.43. The van der Waals surface area contributed by atoms with Crippen LogP contribution in [0, 0.1) is 11.6 Å². The smallest absolute Gasteiger partial charge is 0.193 e. The average Bonchev–Trinajstić information content (AvgIpc) is 2.91. The van der Waals surface area contributed by atoms with Gasteiger partial charge in [0.05, 0.1) is 23.8 Å². The fourth-order valence-electron chi connectivity index (χ4n) is 1.52. The number of tetrazole rings is 1. The topological polar surface area (TPSA) is 92.3 Å². The lowest BCUT2D eigenvalue weighted by Gasteiger charge is -2.04. The zero-order valence-corrected chi connectivity index (χ0v) is 9.43. The third-order valence-corrected chi connectivity index (χ3v) is 2.40. The van der Waals surface area contributed by atoms with Crippen molar-refractivity contribution in [1.82, 2.24) is 30.6 Å². The molecule has 1 aromatic carbocycles. The predicted molar refractivity (Wildman–Crippen MR) is 61.0 cm³/mol. The molecule has 0 aliphatic heterocycles. The molecule has 0 atom stereocenters. The number of halogens is 2. The van der Waals surface area contributed by atoms with Gasteiger partial charge in [-0.25, -0.2) is 13.8 Å². The largest absolute Gasteiger partial charge is 0.361 e. The Morgan fingerprint density at radius 3 is 2.68 bits per heavy atom. The van der Waals surface area contributed by atoms with Crippen LogP contribution in [0.3, 0.4) is 0 Å². The number of nitrogens with one attached hydrogen (secondary N) is 2. The summed E-state index contributed by atoms with van der Waals surface area (Å²) in [6, 6.07) is 2.00. The molecule has 96 valence electrons. The third kappa shape index (κ3) is 2.30. The number of aromatic amines is 1. The average molecular weight is 263 g/mol. The molecule has 0 unspecified atom stereocenters. The highest BCUT2D eigenvalue weighted by atomic mass is 19.2. The fraction of sp³-hybridized carbons (Fsp3) is 0.100. The van der Waals surface area contributed by atoms with Gasteiger partial charge in [0.25, 0.3) is 0 Å².